The number of halogens is 1. The van der Waals surface area contributed by atoms with E-state index in [1.807, 2.05) is 42.2 Å². The second-order valence-electron chi connectivity index (χ2n) is 6.94. The minimum atomic E-state index is -0.475. The number of carbonyl (C=O) groups excluding carboxylic acids is 1. The van der Waals surface area contributed by atoms with Crippen molar-refractivity contribution in [3.05, 3.63) is 75.1 Å². The molecule has 1 aliphatic rings. The smallest absolute Gasteiger partial charge is 0.276 e. The Balaban J connectivity index is 1.45. The summed E-state index contributed by atoms with van der Waals surface area (Å²) in [5, 5.41) is 19.5. The summed E-state index contributed by atoms with van der Waals surface area (Å²) in [6.07, 6.45) is 0. The Bertz CT molecular complexity index is 1090. The van der Waals surface area contributed by atoms with Crippen LogP contribution < -0.4 is 4.90 Å². The van der Waals surface area contributed by atoms with Gasteiger partial charge in [-0.25, -0.2) is 4.68 Å². The average Bonchev–Trinajstić information content (AvgIpc) is 3.15. The molecule has 154 valence electrons. The van der Waals surface area contributed by atoms with Crippen molar-refractivity contribution in [3.63, 3.8) is 0 Å². The highest BCUT2D eigenvalue weighted by molar-refractivity contribution is 6.33. The highest BCUT2D eigenvalue weighted by Crippen LogP contribution is 2.30. The maximum atomic E-state index is 13.0. The van der Waals surface area contributed by atoms with Crippen LogP contribution in [0.3, 0.4) is 0 Å². The number of nitro groups is 1. The molecule has 1 aromatic heterocycles. The molecule has 0 N–H and O–H groups in total. The van der Waals surface area contributed by atoms with Gasteiger partial charge in [-0.05, 0) is 25.1 Å². The first-order valence-corrected chi connectivity index (χ1v) is 9.79. The van der Waals surface area contributed by atoms with E-state index < -0.39 is 4.92 Å². The van der Waals surface area contributed by atoms with Gasteiger partial charge < -0.3 is 9.80 Å². The van der Waals surface area contributed by atoms with Gasteiger partial charge in [0.15, 0.2) is 5.69 Å². The third-order valence-corrected chi connectivity index (χ3v) is 5.45. The normalized spacial score (nSPS) is 14.1. The second kappa shape index (κ2) is 8.11. The van der Waals surface area contributed by atoms with Crippen LogP contribution in [0.2, 0.25) is 5.02 Å². The molecule has 1 saturated heterocycles. The highest BCUT2D eigenvalue weighted by atomic mass is 35.5. The van der Waals surface area contributed by atoms with Crippen molar-refractivity contribution in [1.82, 2.24) is 19.9 Å². The molecule has 2 aromatic carbocycles. The number of aromatic nitrogens is 3. The van der Waals surface area contributed by atoms with Crippen molar-refractivity contribution in [2.45, 2.75) is 6.92 Å². The number of nitrogens with zero attached hydrogens (tertiary/aromatic N) is 6. The van der Waals surface area contributed by atoms with Crippen LogP contribution in [-0.4, -0.2) is 56.9 Å². The molecule has 1 aliphatic heterocycles. The number of anilines is 1. The van der Waals surface area contributed by atoms with E-state index in [-0.39, 0.29) is 11.6 Å². The largest absolute Gasteiger partial charge is 0.367 e. The van der Waals surface area contributed by atoms with Crippen molar-refractivity contribution < 1.29 is 9.72 Å². The Kier molecular flexibility index (Phi) is 5.37. The fourth-order valence-electron chi connectivity index (χ4n) is 3.51. The van der Waals surface area contributed by atoms with Crippen LogP contribution in [0.15, 0.2) is 48.5 Å². The second-order valence-corrected chi connectivity index (χ2v) is 7.35. The monoisotopic (exact) mass is 426 g/mol. The molecule has 0 aliphatic carbocycles. The Labute approximate surface area is 177 Å². The first-order valence-electron chi connectivity index (χ1n) is 9.41. The lowest BCUT2D eigenvalue weighted by molar-refractivity contribution is -0.384. The van der Waals surface area contributed by atoms with Crippen LogP contribution in [0.25, 0.3) is 5.69 Å². The molecule has 30 heavy (non-hydrogen) atoms. The number of nitro benzene ring substituents is 1. The number of hydrogen-bond acceptors (Lipinski definition) is 6. The number of benzene rings is 2. The molecule has 0 saturated carbocycles. The Hall–Kier alpha value is -3.46. The fourth-order valence-corrected chi connectivity index (χ4v) is 3.80. The number of hydrogen-bond donors (Lipinski definition) is 0. The van der Waals surface area contributed by atoms with Gasteiger partial charge in [-0.1, -0.05) is 35.0 Å². The fraction of sp³-hybridized carbons (Fsp3) is 0.250. The van der Waals surface area contributed by atoms with E-state index in [1.165, 1.54) is 12.1 Å². The van der Waals surface area contributed by atoms with E-state index >= 15 is 0 Å². The van der Waals surface area contributed by atoms with Crippen LogP contribution in [0.5, 0.6) is 0 Å². The van der Waals surface area contributed by atoms with E-state index in [4.69, 9.17) is 11.6 Å². The van der Waals surface area contributed by atoms with Gasteiger partial charge in [0.1, 0.15) is 0 Å². The van der Waals surface area contributed by atoms with Crippen LogP contribution in [0.1, 0.15) is 16.2 Å². The Morgan fingerprint density at radius 3 is 2.43 bits per heavy atom. The van der Waals surface area contributed by atoms with Gasteiger partial charge in [0.05, 0.1) is 27.0 Å². The average molecular weight is 427 g/mol. The first kappa shape index (κ1) is 19.8. The highest BCUT2D eigenvalue weighted by Gasteiger charge is 2.27. The summed E-state index contributed by atoms with van der Waals surface area (Å²) in [4.78, 5) is 27.2. The van der Waals surface area contributed by atoms with Crippen LogP contribution in [0, 0.1) is 17.0 Å². The summed E-state index contributed by atoms with van der Waals surface area (Å²) in [6, 6.07) is 14.0. The van der Waals surface area contributed by atoms with Gasteiger partial charge in [0, 0.05) is 38.3 Å². The minimum Gasteiger partial charge on any atom is -0.367 e. The summed E-state index contributed by atoms with van der Waals surface area (Å²) >= 11 is 6.24. The standard InChI is InChI=1S/C20H19ClN6O3/c1-14-19(22-23-26(14)15-5-3-2-4-6-15)20(28)25-11-9-24(10-12-25)18-8-7-16(27(29)30)13-17(18)21/h2-8,13H,9-12H2,1H3. The summed E-state index contributed by atoms with van der Waals surface area (Å²) < 4.78 is 1.65. The molecule has 0 spiro atoms. The number of rotatable bonds is 4. The Morgan fingerprint density at radius 1 is 1.10 bits per heavy atom. The lowest BCUT2D eigenvalue weighted by Gasteiger charge is -2.36. The maximum Gasteiger partial charge on any atom is 0.276 e. The third kappa shape index (κ3) is 3.71. The predicted molar refractivity (Wildman–Crippen MR) is 112 cm³/mol. The Morgan fingerprint density at radius 2 is 1.80 bits per heavy atom. The van der Waals surface area contributed by atoms with Crippen molar-refractivity contribution in [2.75, 3.05) is 31.1 Å². The van der Waals surface area contributed by atoms with Crippen LogP contribution >= 0.6 is 11.6 Å². The SMILES string of the molecule is Cc1c(C(=O)N2CCN(c3ccc([N+](=O)[O-])cc3Cl)CC2)nnn1-c1ccccc1. The number of carbonyl (C=O) groups is 1. The molecule has 2 heterocycles. The number of amides is 1. The molecule has 0 bridgehead atoms. The van der Waals surface area contributed by atoms with Gasteiger partial charge in [-0.3, -0.25) is 14.9 Å². The van der Waals surface area contributed by atoms with Crippen molar-refractivity contribution in [3.8, 4) is 5.69 Å². The summed E-state index contributed by atoms with van der Waals surface area (Å²) in [7, 11) is 0. The summed E-state index contributed by atoms with van der Waals surface area (Å²) in [5.74, 6) is -0.163. The van der Waals surface area contributed by atoms with Crippen LogP contribution in [0.4, 0.5) is 11.4 Å². The van der Waals surface area contributed by atoms with E-state index in [0.29, 0.717) is 42.6 Å². The zero-order valence-corrected chi connectivity index (χ0v) is 17.0. The number of non-ortho nitro benzene ring substituents is 1. The van der Waals surface area contributed by atoms with Gasteiger partial charge in [0.25, 0.3) is 11.6 Å². The zero-order chi connectivity index (χ0) is 21.3. The molecule has 3 aromatic rings. The number of para-hydroxylation sites is 1. The molecule has 1 amide bonds. The molecular weight excluding hydrogens is 408 g/mol. The summed E-state index contributed by atoms with van der Waals surface area (Å²) in [6.45, 7) is 3.94. The van der Waals surface area contributed by atoms with Crippen molar-refractivity contribution in [2.24, 2.45) is 0 Å². The lowest BCUT2D eigenvalue weighted by Crippen LogP contribution is -2.49. The van der Waals surface area contributed by atoms with Crippen LogP contribution in [-0.2, 0) is 0 Å². The van der Waals surface area contributed by atoms with Crippen molar-refractivity contribution >= 4 is 28.9 Å². The topological polar surface area (TPSA) is 97.4 Å². The first-order chi connectivity index (χ1) is 14.5. The molecule has 10 heteroatoms. The lowest BCUT2D eigenvalue weighted by atomic mass is 10.2. The molecule has 4 rings (SSSR count). The molecule has 1 fully saturated rings. The molecule has 0 radical (unpaired) electrons. The molecule has 0 unspecified atom stereocenters. The van der Waals surface area contributed by atoms with Gasteiger partial charge in [-0.15, -0.1) is 5.10 Å². The van der Waals surface area contributed by atoms with Gasteiger partial charge in [0.2, 0.25) is 0 Å². The minimum absolute atomic E-state index is 0.0467. The van der Waals surface area contributed by atoms with E-state index in [1.54, 1.807) is 15.6 Å². The molecule has 9 nitrogen and oxygen atoms in total. The molecular formula is C20H19ClN6O3. The quantitative estimate of drug-likeness (QED) is 0.469. The maximum absolute atomic E-state index is 13.0. The zero-order valence-electron chi connectivity index (χ0n) is 16.2. The van der Waals surface area contributed by atoms with E-state index in [2.05, 4.69) is 10.3 Å². The number of piperazine rings is 1. The van der Waals surface area contributed by atoms with Gasteiger partial charge in [-0.2, -0.15) is 0 Å². The predicted octanol–water partition coefficient (Wildman–Crippen LogP) is 3.10. The molecule has 0 atom stereocenters. The van der Waals surface area contributed by atoms with E-state index in [0.717, 1.165) is 11.4 Å². The summed E-state index contributed by atoms with van der Waals surface area (Å²) in [5.41, 5.74) is 2.54. The van der Waals surface area contributed by atoms with Gasteiger partial charge >= 0.3 is 0 Å². The van der Waals surface area contributed by atoms with E-state index in [9.17, 15) is 14.9 Å². The third-order valence-electron chi connectivity index (χ3n) is 5.15. The van der Waals surface area contributed by atoms with Crippen molar-refractivity contribution in [1.29, 1.82) is 0 Å².